The summed E-state index contributed by atoms with van der Waals surface area (Å²) in [7, 11) is 1.58. The summed E-state index contributed by atoms with van der Waals surface area (Å²) in [5, 5.41) is 2.84. The third-order valence-electron chi connectivity index (χ3n) is 4.96. The molecule has 0 aromatic heterocycles. The first-order valence-electron chi connectivity index (χ1n) is 9.14. The van der Waals surface area contributed by atoms with Gasteiger partial charge in [0.25, 0.3) is 5.91 Å². The Morgan fingerprint density at radius 3 is 2.61 bits per heavy atom. The summed E-state index contributed by atoms with van der Waals surface area (Å²) >= 11 is 0. The number of halogens is 3. The van der Waals surface area contributed by atoms with Crippen molar-refractivity contribution in [3.63, 3.8) is 0 Å². The SMILES string of the molecule is COC1CN(Cc2ccccc2)CCC1NC(=O)c1cccc(C(F)(F)F)c1. The Morgan fingerprint density at radius 2 is 1.93 bits per heavy atom. The Hall–Kier alpha value is -2.38. The van der Waals surface area contributed by atoms with Gasteiger partial charge in [0.2, 0.25) is 0 Å². The van der Waals surface area contributed by atoms with Crippen molar-refractivity contribution in [2.24, 2.45) is 0 Å². The quantitative estimate of drug-likeness (QED) is 0.843. The Morgan fingerprint density at radius 1 is 1.18 bits per heavy atom. The first-order chi connectivity index (χ1) is 13.4. The van der Waals surface area contributed by atoms with E-state index < -0.39 is 17.6 Å². The van der Waals surface area contributed by atoms with Crippen LogP contribution in [0.4, 0.5) is 13.2 Å². The molecule has 0 bridgehead atoms. The van der Waals surface area contributed by atoms with Crippen LogP contribution < -0.4 is 5.32 Å². The fourth-order valence-electron chi connectivity index (χ4n) is 3.46. The van der Waals surface area contributed by atoms with Gasteiger partial charge < -0.3 is 10.1 Å². The van der Waals surface area contributed by atoms with E-state index in [0.717, 1.165) is 25.2 Å². The number of rotatable bonds is 5. The lowest BCUT2D eigenvalue weighted by molar-refractivity contribution is -0.137. The minimum Gasteiger partial charge on any atom is -0.378 e. The van der Waals surface area contributed by atoms with Gasteiger partial charge in [0.1, 0.15) is 0 Å². The van der Waals surface area contributed by atoms with Gasteiger partial charge in [-0.15, -0.1) is 0 Å². The predicted octanol–water partition coefficient (Wildman–Crippen LogP) is 3.72. The largest absolute Gasteiger partial charge is 0.416 e. The number of amides is 1. The Labute approximate surface area is 162 Å². The Kier molecular flexibility index (Phi) is 6.36. The molecule has 2 aromatic rings. The molecule has 1 amide bonds. The standard InChI is InChI=1S/C21H23F3N2O2/c1-28-19-14-26(13-15-6-3-2-4-7-15)11-10-18(19)25-20(27)16-8-5-9-17(12-16)21(22,23)24/h2-9,12,18-19H,10-11,13-14H2,1H3,(H,25,27). The van der Waals surface area contributed by atoms with Crippen LogP contribution in [0.15, 0.2) is 54.6 Å². The van der Waals surface area contributed by atoms with Crippen LogP contribution in [0, 0.1) is 0 Å². The number of hydrogen-bond acceptors (Lipinski definition) is 3. The van der Waals surface area contributed by atoms with Crippen LogP contribution in [0.1, 0.15) is 27.9 Å². The second kappa shape index (κ2) is 8.75. The molecule has 1 aliphatic heterocycles. The molecule has 1 heterocycles. The number of methoxy groups -OCH3 is 1. The number of nitrogens with one attached hydrogen (secondary N) is 1. The molecule has 150 valence electrons. The van der Waals surface area contributed by atoms with Gasteiger partial charge >= 0.3 is 6.18 Å². The van der Waals surface area contributed by atoms with Crippen LogP contribution in [0.25, 0.3) is 0 Å². The molecule has 2 aromatic carbocycles. The number of likely N-dealkylation sites (tertiary alicyclic amines) is 1. The molecule has 0 radical (unpaired) electrons. The lowest BCUT2D eigenvalue weighted by Gasteiger charge is -2.38. The number of hydrogen-bond donors (Lipinski definition) is 1. The summed E-state index contributed by atoms with van der Waals surface area (Å²) in [5.74, 6) is -0.519. The molecule has 1 aliphatic rings. The third-order valence-corrected chi connectivity index (χ3v) is 4.96. The Balaban J connectivity index is 1.62. The van der Waals surface area contributed by atoms with E-state index in [4.69, 9.17) is 4.74 Å². The lowest BCUT2D eigenvalue weighted by Crippen LogP contribution is -2.54. The molecule has 28 heavy (non-hydrogen) atoms. The highest BCUT2D eigenvalue weighted by Crippen LogP contribution is 2.29. The minimum atomic E-state index is -4.48. The summed E-state index contributed by atoms with van der Waals surface area (Å²) in [6.45, 7) is 2.19. The summed E-state index contributed by atoms with van der Waals surface area (Å²) in [6, 6.07) is 14.3. The fraction of sp³-hybridized carbons (Fsp3) is 0.381. The molecule has 0 aliphatic carbocycles. The maximum atomic E-state index is 12.9. The molecule has 7 heteroatoms. The molecule has 1 fully saturated rings. The van der Waals surface area contributed by atoms with Crippen molar-refractivity contribution < 1.29 is 22.7 Å². The summed E-state index contributed by atoms with van der Waals surface area (Å²) in [4.78, 5) is 14.7. The van der Waals surface area contributed by atoms with Gasteiger partial charge in [-0.25, -0.2) is 0 Å². The molecule has 0 saturated carbocycles. The molecule has 2 atom stereocenters. The van der Waals surface area contributed by atoms with E-state index in [2.05, 4.69) is 22.3 Å². The fourth-order valence-corrected chi connectivity index (χ4v) is 3.46. The van der Waals surface area contributed by atoms with Crippen LogP contribution >= 0.6 is 0 Å². The third kappa shape index (κ3) is 5.11. The van der Waals surface area contributed by atoms with Crippen molar-refractivity contribution in [1.82, 2.24) is 10.2 Å². The summed E-state index contributed by atoms with van der Waals surface area (Å²) in [5.41, 5.74) is 0.362. The highest BCUT2D eigenvalue weighted by molar-refractivity contribution is 5.94. The smallest absolute Gasteiger partial charge is 0.378 e. The average molecular weight is 392 g/mol. The molecule has 0 spiro atoms. The normalized spacial score (nSPS) is 20.7. The summed E-state index contributed by atoms with van der Waals surface area (Å²) in [6.07, 6.45) is -4.04. The zero-order valence-electron chi connectivity index (χ0n) is 15.6. The van der Waals surface area contributed by atoms with Crippen molar-refractivity contribution in [2.45, 2.75) is 31.3 Å². The van der Waals surface area contributed by atoms with E-state index in [1.165, 1.54) is 17.7 Å². The topological polar surface area (TPSA) is 41.6 Å². The number of alkyl halides is 3. The minimum absolute atomic E-state index is 0.00334. The molecule has 4 nitrogen and oxygen atoms in total. The van der Waals surface area contributed by atoms with Gasteiger partial charge in [-0.2, -0.15) is 13.2 Å². The second-order valence-corrected chi connectivity index (χ2v) is 6.94. The van der Waals surface area contributed by atoms with Crippen molar-refractivity contribution in [1.29, 1.82) is 0 Å². The molecule has 2 unspecified atom stereocenters. The van der Waals surface area contributed by atoms with Crippen molar-refractivity contribution >= 4 is 5.91 Å². The molecule has 3 rings (SSSR count). The van der Waals surface area contributed by atoms with Crippen molar-refractivity contribution in [3.8, 4) is 0 Å². The first kappa shape index (κ1) is 20.4. The summed E-state index contributed by atoms with van der Waals surface area (Å²) < 4.78 is 44.2. The molecule has 1 N–H and O–H groups in total. The van der Waals surface area contributed by atoms with E-state index in [0.29, 0.717) is 13.0 Å². The van der Waals surface area contributed by atoms with Crippen LogP contribution in [-0.4, -0.2) is 43.2 Å². The van der Waals surface area contributed by atoms with E-state index in [1.54, 1.807) is 7.11 Å². The van der Waals surface area contributed by atoms with Gasteiger partial charge in [-0.1, -0.05) is 36.4 Å². The van der Waals surface area contributed by atoms with Gasteiger partial charge in [0.05, 0.1) is 17.7 Å². The van der Waals surface area contributed by atoms with Gasteiger partial charge in [-0.3, -0.25) is 9.69 Å². The highest BCUT2D eigenvalue weighted by Gasteiger charge is 2.33. The van der Waals surface area contributed by atoms with Crippen LogP contribution in [0.2, 0.25) is 0 Å². The number of piperidine rings is 1. The van der Waals surface area contributed by atoms with E-state index in [9.17, 15) is 18.0 Å². The van der Waals surface area contributed by atoms with Gasteiger partial charge in [0, 0.05) is 32.3 Å². The van der Waals surface area contributed by atoms with E-state index >= 15 is 0 Å². The molecule has 1 saturated heterocycles. The lowest BCUT2D eigenvalue weighted by atomic mass is 10.00. The number of carbonyl (C=O) groups is 1. The zero-order chi connectivity index (χ0) is 20.1. The van der Waals surface area contributed by atoms with E-state index in [-0.39, 0.29) is 17.7 Å². The van der Waals surface area contributed by atoms with Gasteiger partial charge in [-0.05, 0) is 30.2 Å². The molecular weight excluding hydrogens is 369 g/mol. The van der Waals surface area contributed by atoms with Crippen LogP contribution in [0.5, 0.6) is 0 Å². The monoisotopic (exact) mass is 392 g/mol. The van der Waals surface area contributed by atoms with Crippen molar-refractivity contribution in [3.05, 3.63) is 71.3 Å². The number of carbonyl (C=O) groups excluding carboxylic acids is 1. The molecular formula is C21H23F3N2O2. The second-order valence-electron chi connectivity index (χ2n) is 6.94. The maximum absolute atomic E-state index is 12.9. The maximum Gasteiger partial charge on any atom is 0.416 e. The average Bonchev–Trinajstić information content (AvgIpc) is 2.69. The number of nitrogens with zero attached hydrogens (tertiary/aromatic N) is 1. The van der Waals surface area contributed by atoms with Crippen LogP contribution in [-0.2, 0) is 17.5 Å². The van der Waals surface area contributed by atoms with Crippen LogP contribution in [0.3, 0.4) is 0 Å². The predicted molar refractivity (Wildman–Crippen MR) is 99.8 cm³/mol. The van der Waals surface area contributed by atoms with Gasteiger partial charge in [0.15, 0.2) is 0 Å². The van der Waals surface area contributed by atoms with E-state index in [1.807, 2.05) is 18.2 Å². The zero-order valence-corrected chi connectivity index (χ0v) is 15.6. The first-order valence-corrected chi connectivity index (χ1v) is 9.14. The number of ether oxygens (including phenoxy) is 1. The highest BCUT2D eigenvalue weighted by atomic mass is 19.4. The Bertz CT molecular complexity index is 796. The van der Waals surface area contributed by atoms with Crippen molar-refractivity contribution in [2.75, 3.05) is 20.2 Å². The number of benzene rings is 2.